The number of hydrogen-bond acceptors (Lipinski definition) is 2. The van der Waals surface area contributed by atoms with Gasteiger partial charge in [0.2, 0.25) is 0 Å². The standard InChI is InChI=1S/C13H19NO/c1-2-9-15-12-6-4-3-5-11(12)13(14)10-7-8-10/h3-6,10,13H,2,7-9,14H2,1H3. The normalized spacial score (nSPS) is 17.5. The number of benzene rings is 1. The average molecular weight is 205 g/mol. The minimum Gasteiger partial charge on any atom is -0.493 e. The van der Waals surface area contributed by atoms with E-state index < -0.39 is 0 Å². The molecule has 0 aromatic heterocycles. The molecule has 1 aromatic rings. The van der Waals surface area contributed by atoms with Gasteiger partial charge in [-0.15, -0.1) is 0 Å². The van der Waals surface area contributed by atoms with Crippen molar-refractivity contribution in [2.24, 2.45) is 11.7 Å². The summed E-state index contributed by atoms with van der Waals surface area (Å²) >= 11 is 0. The number of ether oxygens (including phenoxy) is 1. The Morgan fingerprint density at radius 1 is 1.40 bits per heavy atom. The summed E-state index contributed by atoms with van der Waals surface area (Å²) in [4.78, 5) is 0. The first-order valence-electron chi connectivity index (χ1n) is 5.80. The Balaban J connectivity index is 2.12. The highest BCUT2D eigenvalue weighted by Gasteiger charge is 2.30. The summed E-state index contributed by atoms with van der Waals surface area (Å²) in [6.45, 7) is 2.89. The van der Waals surface area contributed by atoms with Gasteiger partial charge in [0.1, 0.15) is 5.75 Å². The molecule has 1 aliphatic rings. The molecule has 1 atom stereocenters. The van der Waals surface area contributed by atoms with Crippen molar-refractivity contribution in [3.05, 3.63) is 29.8 Å². The zero-order valence-electron chi connectivity index (χ0n) is 9.28. The number of rotatable bonds is 5. The lowest BCUT2D eigenvalue weighted by Gasteiger charge is -2.16. The van der Waals surface area contributed by atoms with Crippen LogP contribution in [0.3, 0.4) is 0 Å². The Morgan fingerprint density at radius 3 is 2.80 bits per heavy atom. The van der Waals surface area contributed by atoms with Crippen molar-refractivity contribution in [2.45, 2.75) is 32.2 Å². The van der Waals surface area contributed by atoms with E-state index in [9.17, 15) is 0 Å². The summed E-state index contributed by atoms with van der Waals surface area (Å²) in [5, 5.41) is 0. The molecule has 0 amide bonds. The van der Waals surface area contributed by atoms with Gasteiger partial charge in [0.15, 0.2) is 0 Å². The van der Waals surface area contributed by atoms with Crippen molar-refractivity contribution < 1.29 is 4.74 Å². The van der Waals surface area contributed by atoms with Crippen LogP contribution in [0.15, 0.2) is 24.3 Å². The van der Waals surface area contributed by atoms with Gasteiger partial charge in [0.25, 0.3) is 0 Å². The Morgan fingerprint density at radius 2 is 2.13 bits per heavy atom. The van der Waals surface area contributed by atoms with Crippen LogP contribution in [0, 0.1) is 5.92 Å². The van der Waals surface area contributed by atoms with Crippen molar-refractivity contribution in [2.75, 3.05) is 6.61 Å². The second kappa shape index (κ2) is 4.67. The van der Waals surface area contributed by atoms with E-state index in [1.54, 1.807) is 0 Å². The molecule has 1 unspecified atom stereocenters. The van der Waals surface area contributed by atoms with Crippen LogP contribution >= 0.6 is 0 Å². The van der Waals surface area contributed by atoms with Crippen LogP contribution in [-0.4, -0.2) is 6.61 Å². The molecule has 0 spiro atoms. The van der Waals surface area contributed by atoms with Gasteiger partial charge in [-0.05, 0) is 31.2 Å². The molecular weight excluding hydrogens is 186 g/mol. The summed E-state index contributed by atoms with van der Waals surface area (Å²) in [6, 6.07) is 8.32. The van der Waals surface area contributed by atoms with Crippen LogP contribution in [0.5, 0.6) is 5.75 Å². The lowest BCUT2D eigenvalue weighted by molar-refractivity contribution is 0.311. The van der Waals surface area contributed by atoms with Gasteiger partial charge in [0, 0.05) is 11.6 Å². The molecule has 2 rings (SSSR count). The fraction of sp³-hybridized carbons (Fsp3) is 0.538. The smallest absolute Gasteiger partial charge is 0.124 e. The van der Waals surface area contributed by atoms with Crippen LogP contribution in [0.4, 0.5) is 0 Å². The molecule has 0 bridgehead atoms. The molecule has 0 aliphatic heterocycles. The number of hydrogen-bond donors (Lipinski definition) is 1. The predicted octanol–water partition coefficient (Wildman–Crippen LogP) is 2.89. The summed E-state index contributed by atoms with van der Waals surface area (Å²) in [5.41, 5.74) is 7.37. The van der Waals surface area contributed by atoms with Crippen molar-refractivity contribution in [3.8, 4) is 5.75 Å². The summed E-state index contributed by atoms with van der Waals surface area (Å²) < 4.78 is 5.71. The first-order valence-corrected chi connectivity index (χ1v) is 5.80. The Labute approximate surface area is 91.4 Å². The molecule has 1 aliphatic carbocycles. The van der Waals surface area contributed by atoms with E-state index in [1.165, 1.54) is 18.4 Å². The highest BCUT2D eigenvalue weighted by atomic mass is 16.5. The highest BCUT2D eigenvalue weighted by Crippen LogP contribution is 2.41. The van der Waals surface area contributed by atoms with Crippen molar-refractivity contribution >= 4 is 0 Å². The quantitative estimate of drug-likeness (QED) is 0.802. The number of para-hydroxylation sites is 1. The highest BCUT2D eigenvalue weighted by molar-refractivity contribution is 5.36. The van der Waals surface area contributed by atoms with E-state index in [4.69, 9.17) is 10.5 Å². The van der Waals surface area contributed by atoms with Crippen molar-refractivity contribution in [1.82, 2.24) is 0 Å². The SMILES string of the molecule is CCCOc1ccccc1C(N)C1CC1. The van der Waals surface area contributed by atoms with Crippen molar-refractivity contribution in [1.29, 1.82) is 0 Å². The zero-order chi connectivity index (χ0) is 10.7. The molecule has 0 heterocycles. The predicted molar refractivity (Wildman–Crippen MR) is 61.9 cm³/mol. The maximum absolute atomic E-state index is 6.19. The van der Waals surface area contributed by atoms with Crippen LogP contribution in [0.2, 0.25) is 0 Å². The van der Waals surface area contributed by atoms with Gasteiger partial charge in [-0.1, -0.05) is 25.1 Å². The number of nitrogens with two attached hydrogens (primary N) is 1. The first kappa shape index (κ1) is 10.5. The minimum atomic E-state index is 0.165. The van der Waals surface area contributed by atoms with Gasteiger partial charge in [-0.2, -0.15) is 0 Å². The van der Waals surface area contributed by atoms with E-state index in [2.05, 4.69) is 13.0 Å². The summed E-state index contributed by atoms with van der Waals surface area (Å²) in [7, 11) is 0. The summed E-state index contributed by atoms with van der Waals surface area (Å²) in [6.07, 6.45) is 3.57. The van der Waals surface area contributed by atoms with Crippen LogP contribution in [0.1, 0.15) is 37.8 Å². The fourth-order valence-electron chi connectivity index (χ4n) is 1.81. The topological polar surface area (TPSA) is 35.2 Å². The second-order valence-corrected chi connectivity index (χ2v) is 4.25. The van der Waals surface area contributed by atoms with Crippen LogP contribution in [-0.2, 0) is 0 Å². The maximum atomic E-state index is 6.19. The van der Waals surface area contributed by atoms with Gasteiger partial charge < -0.3 is 10.5 Å². The molecule has 1 fully saturated rings. The fourth-order valence-corrected chi connectivity index (χ4v) is 1.81. The molecule has 1 saturated carbocycles. The second-order valence-electron chi connectivity index (χ2n) is 4.25. The van der Waals surface area contributed by atoms with Gasteiger partial charge >= 0.3 is 0 Å². The Hall–Kier alpha value is -1.02. The molecule has 15 heavy (non-hydrogen) atoms. The minimum absolute atomic E-state index is 0.165. The van der Waals surface area contributed by atoms with Crippen LogP contribution < -0.4 is 10.5 Å². The van der Waals surface area contributed by atoms with Crippen LogP contribution in [0.25, 0.3) is 0 Å². The third-order valence-corrected chi connectivity index (χ3v) is 2.87. The average Bonchev–Trinajstić information content (AvgIpc) is 3.09. The third kappa shape index (κ3) is 2.51. The van der Waals surface area contributed by atoms with Crippen molar-refractivity contribution in [3.63, 3.8) is 0 Å². The molecule has 82 valence electrons. The van der Waals surface area contributed by atoms with Gasteiger partial charge in [-0.3, -0.25) is 0 Å². The zero-order valence-corrected chi connectivity index (χ0v) is 9.28. The monoisotopic (exact) mass is 205 g/mol. The van der Waals surface area contributed by atoms with E-state index >= 15 is 0 Å². The largest absolute Gasteiger partial charge is 0.493 e. The Bertz CT molecular complexity index is 320. The molecule has 0 saturated heterocycles. The lowest BCUT2D eigenvalue weighted by atomic mass is 10.0. The summed E-state index contributed by atoms with van der Waals surface area (Å²) in [5.74, 6) is 1.65. The molecule has 2 heteroatoms. The molecule has 1 aromatic carbocycles. The first-order chi connectivity index (χ1) is 7.33. The molecular formula is C13H19NO. The van der Waals surface area contributed by atoms with E-state index in [-0.39, 0.29) is 6.04 Å². The van der Waals surface area contributed by atoms with E-state index in [1.807, 2.05) is 18.2 Å². The molecule has 2 N–H and O–H groups in total. The molecule has 0 radical (unpaired) electrons. The van der Waals surface area contributed by atoms with E-state index in [0.717, 1.165) is 18.8 Å². The third-order valence-electron chi connectivity index (χ3n) is 2.87. The van der Waals surface area contributed by atoms with Gasteiger partial charge in [0.05, 0.1) is 6.61 Å². The Kier molecular flexibility index (Phi) is 3.27. The lowest BCUT2D eigenvalue weighted by Crippen LogP contribution is -2.14. The van der Waals surface area contributed by atoms with E-state index in [0.29, 0.717) is 5.92 Å². The van der Waals surface area contributed by atoms with Gasteiger partial charge in [-0.25, -0.2) is 0 Å². The molecule has 2 nitrogen and oxygen atoms in total. The maximum Gasteiger partial charge on any atom is 0.124 e.